The number of methoxy groups -OCH3 is 1. The monoisotopic (exact) mass is 627 g/mol. The van der Waals surface area contributed by atoms with Gasteiger partial charge in [-0.05, 0) is 63.7 Å². The minimum absolute atomic E-state index is 0.00644. The zero-order chi connectivity index (χ0) is 31.6. The Hall–Kier alpha value is -2.83. The number of nitriles is 1. The van der Waals surface area contributed by atoms with Crippen LogP contribution in [0.25, 0.3) is 0 Å². The Kier molecular flexibility index (Phi) is 12.7. The summed E-state index contributed by atoms with van der Waals surface area (Å²) in [4.78, 5) is 32.7. The van der Waals surface area contributed by atoms with Crippen LogP contribution in [0.5, 0.6) is 0 Å². The number of hydrogen-bond acceptors (Lipinski definition) is 8. The molecule has 2 aliphatic heterocycles. The van der Waals surface area contributed by atoms with Crippen molar-refractivity contribution in [1.29, 1.82) is 5.26 Å². The van der Waals surface area contributed by atoms with Crippen LogP contribution in [0, 0.1) is 11.3 Å². The van der Waals surface area contributed by atoms with Crippen LogP contribution in [-0.2, 0) is 30.0 Å². The molecule has 43 heavy (non-hydrogen) atoms. The molecule has 2 aliphatic rings. The van der Waals surface area contributed by atoms with Crippen molar-refractivity contribution in [2.24, 2.45) is 0 Å². The quantitative estimate of drug-likeness (QED) is 0.214. The largest absolute Gasteiger partial charge is 0.417 e. The number of anilines is 1. The summed E-state index contributed by atoms with van der Waals surface area (Å²) in [5, 5.41) is 9.24. The van der Waals surface area contributed by atoms with E-state index in [1.807, 2.05) is 4.90 Å². The Morgan fingerprint density at radius 2 is 1.67 bits per heavy atom. The van der Waals surface area contributed by atoms with Crippen molar-refractivity contribution in [3.63, 3.8) is 0 Å². The average molecular weight is 628 g/mol. The van der Waals surface area contributed by atoms with Gasteiger partial charge in [-0.1, -0.05) is 6.42 Å². The molecule has 1 aromatic carbocycles. The number of thiocarbonyl (C=S) groups is 1. The Bertz CT molecular complexity index is 1170. The highest BCUT2D eigenvalue weighted by Crippen LogP contribution is 2.38. The fourth-order valence-electron chi connectivity index (χ4n) is 5.06. The number of carbonyl (C=O) groups is 2. The molecule has 0 saturated carbocycles. The van der Waals surface area contributed by atoms with Gasteiger partial charge in [0.15, 0.2) is 5.11 Å². The zero-order valence-electron chi connectivity index (χ0n) is 25.0. The van der Waals surface area contributed by atoms with Gasteiger partial charge in [0.05, 0.1) is 49.3 Å². The topological polar surface area (TPSA) is 98.6 Å². The van der Waals surface area contributed by atoms with Gasteiger partial charge in [-0.25, -0.2) is 0 Å². The van der Waals surface area contributed by atoms with E-state index >= 15 is 0 Å². The Balaban J connectivity index is 1.40. The van der Waals surface area contributed by atoms with Gasteiger partial charge in [-0.15, -0.1) is 0 Å². The summed E-state index contributed by atoms with van der Waals surface area (Å²) in [6.07, 6.45) is -2.20. The van der Waals surface area contributed by atoms with E-state index in [9.17, 15) is 22.8 Å². The summed E-state index contributed by atoms with van der Waals surface area (Å²) in [7, 11) is 1.60. The predicted molar refractivity (Wildman–Crippen MR) is 157 cm³/mol. The molecule has 2 saturated heterocycles. The number of rotatable bonds is 15. The maximum Gasteiger partial charge on any atom is 0.417 e. The molecule has 2 heterocycles. The number of carbonyl (C=O) groups excluding carboxylic acids is 2. The lowest BCUT2D eigenvalue weighted by Crippen LogP contribution is -2.49. The minimum Gasteiger partial charge on any atom is -0.382 e. The van der Waals surface area contributed by atoms with Gasteiger partial charge in [0.25, 0.3) is 5.91 Å². The lowest BCUT2D eigenvalue weighted by atomic mass is 10.0. The summed E-state index contributed by atoms with van der Waals surface area (Å²) >= 11 is 5.56. The van der Waals surface area contributed by atoms with Crippen molar-refractivity contribution in [1.82, 2.24) is 14.7 Å². The van der Waals surface area contributed by atoms with Crippen molar-refractivity contribution in [3.8, 4) is 6.07 Å². The molecule has 0 atom stereocenters. The molecule has 0 spiro atoms. The van der Waals surface area contributed by atoms with E-state index in [0.29, 0.717) is 46.1 Å². The second-order valence-corrected chi connectivity index (χ2v) is 11.3. The van der Waals surface area contributed by atoms with E-state index in [1.54, 1.807) is 31.9 Å². The molecule has 0 aromatic heterocycles. The third kappa shape index (κ3) is 9.09. The third-order valence-electron chi connectivity index (χ3n) is 7.62. The van der Waals surface area contributed by atoms with Crippen LogP contribution in [0.2, 0.25) is 0 Å². The highest BCUT2D eigenvalue weighted by Gasteiger charge is 2.49. The zero-order valence-corrected chi connectivity index (χ0v) is 25.8. The highest BCUT2D eigenvalue weighted by atomic mass is 32.1. The number of unbranched alkanes of at least 4 members (excludes halogenated alkanes) is 2. The number of alkyl halides is 3. The van der Waals surface area contributed by atoms with Crippen LogP contribution < -0.4 is 4.90 Å². The summed E-state index contributed by atoms with van der Waals surface area (Å²) in [6.45, 7) is 9.45. The van der Waals surface area contributed by atoms with Gasteiger partial charge in [-0.2, -0.15) is 18.4 Å². The molecule has 0 N–H and O–H groups in total. The molecule has 238 valence electrons. The van der Waals surface area contributed by atoms with E-state index in [-0.39, 0.29) is 23.3 Å². The SMILES string of the molecule is COCCOCCOCC(=O)N1CCN(CCCCCN2C(=S)N(c3ccc(C#N)c(C(F)(F)F)c3)C(=O)C2(C)C)CC1. The number of amides is 2. The molecule has 1 aromatic rings. The minimum atomic E-state index is -4.74. The van der Waals surface area contributed by atoms with E-state index in [1.165, 1.54) is 6.07 Å². The van der Waals surface area contributed by atoms with Crippen molar-refractivity contribution in [3.05, 3.63) is 29.3 Å². The van der Waals surface area contributed by atoms with Crippen molar-refractivity contribution in [2.45, 2.75) is 44.8 Å². The number of halogens is 3. The maximum absolute atomic E-state index is 13.5. The van der Waals surface area contributed by atoms with Gasteiger partial charge < -0.3 is 24.0 Å². The summed E-state index contributed by atoms with van der Waals surface area (Å²) in [5.74, 6) is -0.441. The molecule has 10 nitrogen and oxygen atoms in total. The van der Waals surface area contributed by atoms with Crippen LogP contribution in [0.1, 0.15) is 44.2 Å². The normalized spacial score (nSPS) is 17.6. The Morgan fingerprint density at radius 1 is 1.02 bits per heavy atom. The molecule has 3 rings (SSSR count). The number of benzene rings is 1. The van der Waals surface area contributed by atoms with E-state index in [4.69, 9.17) is 31.7 Å². The van der Waals surface area contributed by atoms with Gasteiger partial charge in [0, 0.05) is 39.8 Å². The summed E-state index contributed by atoms with van der Waals surface area (Å²) in [5.41, 5.74) is -2.64. The van der Waals surface area contributed by atoms with Crippen LogP contribution in [0.15, 0.2) is 18.2 Å². The van der Waals surface area contributed by atoms with Crippen molar-refractivity contribution in [2.75, 3.05) is 84.3 Å². The smallest absolute Gasteiger partial charge is 0.382 e. The molecular weight excluding hydrogens is 587 g/mol. The Morgan fingerprint density at radius 3 is 2.33 bits per heavy atom. The highest BCUT2D eigenvalue weighted by molar-refractivity contribution is 7.80. The molecule has 0 aliphatic carbocycles. The molecule has 0 radical (unpaired) electrons. The lowest BCUT2D eigenvalue weighted by molar-refractivity contribution is -0.139. The van der Waals surface area contributed by atoms with Crippen LogP contribution >= 0.6 is 12.2 Å². The maximum atomic E-state index is 13.5. The first-order valence-electron chi connectivity index (χ1n) is 14.3. The average Bonchev–Trinajstić information content (AvgIpc) is 3.14. The van der Waals surface area contributed by atoms with Crippen molar-refractivity contribution >= 4 is 34.8 Å². The van der Waals surface area contributed by atoms with E-state index < -0.39 is 28.7 Å². The number of nitrogens with zero attached hydrogens (tertiary/aromatic N) is 5. The Labute approximate surface area is 256 Å². The van der Waals surface area contributed by atoms with E-state index in [0.717, 1.165) is 55.9 Å². The van der Waals surface area contributed by atoms with Gasteiger partial charge in [0.2, 0.25) is 5.91 Å². The first-order valence-corrected chi connectivity index (χ1v) is 14.7. The van der Waals surface area contributed by atoms with Gasteiger partial charge in [0.1, 0.15) is 12.1 Å². The fourth-order valence-corrected chi connectivity index (χ4v) is 5.57. The van der Waals surface area contributed by atoms with Crippen LogP contribution in [0.4, 0.5) is 18.9 Å². The van der Waals surface area contributed by atoms with Crippen LogP contribution in [-0.4, -0.2) is 117 Å². The molecule has 0 unspecified atom stereocenters. The first kappa shape index (κ1) is 34.7. The van der Waals surface area contributed by atoms with Crippen molar-refractivity contribution < 1.29 is 37.0 Å². The molecular formula is C29H40F3N5O5S. The molecule has 2 fully saturated rings. The number of hydrogen-bond donors (Lipinski definition) is 0. The van der Waals surface area contributed by atoms with Gasteiger partial charge in [-0.3, -0.25) is 19.4 Å². The van der Waals surface area contributed by atoms with E-state index in [2.05, 4.69) is 4.90 Å². The predicted octanol–water partition coefficient (Wildman–Crippen LogP) is 3.28. The molecule has 2 amide bonds. The first-order chi connectivity index (χ1) is 20.4. The third-order valence-corrected chi connectivity index (χ3v) is 8.02. The number of piperazine rings is 1. The second kappa shape index (κ2) is 15.8. The molecule has 0 bridgehead atoms. The van der Waals surface area contributed by atoms with Crippen LogP contribution in [0.3, 0.4) is 0 Å². The second-order valence-electron chi connectivity index (χ2n) is 10.9. The number of ether oxygens (including phenoxy) is 3. The fraction of sp³-hybridized carbons (Fsp3) is 0.655. The molecule has 14 heteroatoms. The lowest BCUT2D eigenvalue weighted by Gasteiger charge is -2.34. The van der Waals surface area contributed by atoms with Gasteiger partial charge >= 0.3 is 6.18 Å². The standard InChI is InChI=1S/C29H40F3N5O5S/c1-28(2)26(39)37(23-8-7-22(20-33)24(19-23)29(30,31)32)27(43)36(28)10-6-4-5-9-34-11-13-35(14-12-34)25(38)21-42-18-17-41-16-15-40-3/h7-8,19H,4-6,9-18,21H2,1-3H3. The summed E-state index contributed by atoms with van der Waals surface area (Å²) in [6, 6.07) is 4.75. The summed E-state index contributed by atoms with van der Waals surface area (Å²) < 4.78 is 56.2.